The molecule has 1 fully saturated rings. The van der Waals surface area contributed by atoms with Crippen molar-refractivity contribution in [2.75, 3.05) is 6.61 Å². The molecular formula is C7H11FO3. The lowest BCUT2D eigenvalue weighted by atomic mass is 10.0. The van der Waals surface area contributed by atoms with Crippen LogP contribution in [0.5, 0.6) is 0 Å². The molecule has 0 aromatic heterocycles. The Kier molecular flexibility index (Phi) is 2.44. The third kappa shape index (κ3) is 1.89. The van der Waals surface area contributed by atoms with Crippen LogP contribution in [0.15, 0.2) is 0 Å². The second kappa shape index (κ2) is 3.17. The number of hydrogen-bond acceptors (Lipinski definition) is 2. The molecule has 1 rings (SSSR count). The van der Waals surface area contributed by atoms with Crippen LogP contribution in [-0.4, -0.2) is 30.0 Å². The van der Waals surface area contributed by atoms with E-state index in [1.807, 2.05) is 6.92 Å². The van der Waals surface area contributed by atoms with Gasteiger partial charge in [0.2, 0.25) is 6.17 Å². The van der Waals surface area contributed by atoms with E-state index in [0.29, 0.717) is 6.42 Å². The Bertz CT molecular complexity index is 160. The summed E-state index contributed by atoms with van der Waals surface area (Å²) in [4.78, 5) is 10.2. The summed E-state index contributed by atoms with van der Waals surface area (Å²) in [5.74, 6) is -1.84. The van der Waals surface area contributed by atoms with Crippen molar-refractivity contribution < 1.29 is 19.0 Å². The molecule has 0 aromatic carbocycles. The van der Waals surface area contributed by atoms with Crippen molar-refractivity contribution in [2.24, 2.45) is 5.92 Å². The van der Waals surface area contributed by atoms with E-state index in [-0.39, 0.29) is 12.7 Å². The fourth-order valence-corrected chi connectivity index (χ4v) is 1.26. The smallest absolute Gasteiger partial charge is 0.338 e. The maximum atomic E-state index is 12.7. The van der Waals surface area contributed by atoms with Crippen LogP contribution >= 0.6 is 0 Å². The molecule has 0 aromatic rings. The molecule has 0 aliphatic carbocycles. The van der Waals surface area contributed by atoms with E-state index in [2.05, 4.69) is 0 Å². The first-order valence-electron chi connectivity index (χ1n) is 3.59. The maximum Gasteiger partial charge on any atom is 0.338 e. The first kappa shape index (κ1) is 8.46. The van der Waals surface area contributed by atoms with Gasteiger partial charge in [-0.3, -0.25) is 0 Å². The number of alkyl halides is 1. The van der Waals surface area contributed by atoms with Crippen molar-refractivity contribution in [3.05, 3.63) is 0 Å². The Labute approximate surface area is 64.2 Å². The van der Waals surface area contributed by atoms with Crippen LogP contribution in [0.25, 0.3) is 0 Å². The lowest BCUT2D eigenvalue weighted by molar-refractivity contribution is -0.144. The third-order valence-corrected chi connectivity index (χ3v) is 1.88. The minimum Gasteiger partial charge on any atom is -0.479 e. The van der Waals surface area contributed by atoms with Crippen LogP contribution in [0.1, 0.15) is 13.3 Å². The van der Waals surface area contributed by atoms with Gasteiger partial charge in [-0.2, -0.15) is 0 Å². The van der Waals surface area contributed by atoms with Crippen LogP contribution in [0.2, 0.25) is 0 Å². The molecule has 1 aliphatic rings. The minimum atomic E-state index is -1.76. The Balaban J connectivity index is 2.43. The molecule has 3 unspecified atom stereocenters. The number of carbonyl (C=O) groups is 1. The van der Waals surface area contributed by atoms with Crippen molar-refractivity contribution in [2.45, 2.75) is 25.6 Å². The molecule has 0 amide bonds. The molecule has 3 atom stereocenters. The SMILES string of the molecule is CC1CC(C(F)C(=O)O)CO1. The van der Waals surface area contributed by atoms with E-state index in [1.54, 1.807) is 0 Å². The summed E-state index contributed by atoms with van der Waals surface area (Å²) in [6.45, 7) is 2.04. The van der Waals surface area contributed by atoms with Gasteiger partial charge in [0.25, 0.3) is 0 Å². The van der Waals surface area contributed by atoms with Crippen LogP contribution in [0.3, 0.4) is 0 Å². The first-order valence-corrected chi connectivity index (χ1v) is 3.59. The second-order valence-corrected chi connectivity index (χ2v) is 2.88. The summed E-state index contributed by atoms with van der Waals surface area (Å²) < 4.78 is 17.8. The molecule has 0 saturated carbocycles. The van der Waals surface area contributed by atoms with Gasteiger partial charge >= 0.3 is 5.97 Å². The molecule has 1 N–H and O–H groups in total. The van der Waals surface area contributed by atoms with Crippen molar-refractivity contribution in [3.63, 3.8) is 0 Å². The van der Waals surface area contributed by atoms with E-state index in [1.165, 1.54) is 0 Å². The van der Waals surface area contributed by atoms with Crippen molar-refractivity contribution >= 4 is 5.97 Å². The van der Waals surface area contributed by atoms with Crippen LogP contribution in [0, 0.1) is 5.92 Å². The highest BCUT2D eigenvalue weighted by molar-refractivity contribution is 5.72. The summed E-state index contributed by atoms with van der Waals surface area (Å²) in [7, 11) is 0. The van der Waals surface area contributed by atoms with Crippen LogP contribution in [-0.2, 0) is 9.53 Å². The Morgan fingerprint density at radius 1 is 1.82 bits per heavy atom. The Morgan fingerprint density at radius 2 is 2.45 bits per heavy atom. The standard InChI is InChI=1S/C7H11FO3/c1-4-2-5(3-11-4)6(8)7(9)10/h4-6H,2-3H2,1H3,(H,9,10). The number of rotatable bonds is 2. The lowest BCUT2D eigenvalue weighted by Gasteiger charge is -2.07. The summed E-state index contributed by atoms with van der Waals surface area (Å²) in [6.07, 6.45) is -1.26. The van der Waals surface area contributed by atoms with E-state index < -0.39 is 18.1 Å². The monoisotopic (exact) mass is 162 g/mol. The Morgan fingerprint density at radius 3 is 2.82 bits per heavy atom. The largest absolute Gasteiger partial charge is 0.479 e. The minimum absolute atomic E-state index is 0.00222. The summed E-state index contributed by atoms with van der Waals surface area (Å²) in [6, 6.07) is 0. The molecule has 1 saturated heterocycles. The zero-order valence-corrected chi connectivity index (χ0v) is 6.29. The van der Waals surface area contributed by atoms with Crippen LogP contribution in [0.4, 0.5) is 4.39 Å². The van der Waals surface area contributed by atoms with Gasteiger partial charge in [0.15, 0.2) is 0 Å². The molecule has 11 heavy (non-hydrogen) atoms. The zero-order chi connectivity index (χ0) is 8.43. The molecule has 0 spiro atoms. The van der Waals surface area contributed by atoms with E-state index >= 15 is 0 Å². The average Bonchev–Trinajstić information content (AvgIpc) is 2.34. The normalized spacial score (nSPS) is 33.6. The van der Waals surface area contributed by atoms with Gasteiger partial charge in [-0.25, -0.2) is 9.18 Å². The predicted molar refractivity (Wildman–Crippen MR) is 36.1 cm³/mol. The quantitative estimate of drug-likeness (QED) is 0.654. The van der Waals surface area contributed by atoms with Gasteiger partial charge in [-0.1, -0.05) is 0 Å². The second-order valence-electron chi connectivity index (χ2n) is 2.88. The van der Waals surface area contributed by atoms with Crippen molar-refractivity contribution in [1.82, 2.24) is 0 Å². The highest BCUT2D eigenvalue weighted by Crippen LogP contribution is 2.24. The molecule has 0 bridgehead atoms. The molecule has 0 radical (unpaired) electrons. The number of carboxylic acids is 1. The zero-order valence-electron chi connectivity index (χ0n) is 6.29. The number of carboxylic acid groups (broad SMARTS) is 1. The number of halogens is 1. The van der Waals surface area contributed by atoms with Gasteiger partial charge < -0.3 is 9.84 Å². The number of aliphatic carboxylic acids is 1. The van der Waals surface area contributed by atoms with Gasteiger partial charge in [-0.15, -0.1) is 0 Å². The molecule has 1 aliphatic heterocycles. The first-order chi connectivity index (χ1) is 5.11. The fraction of sp³-hybridized carbons (Fsp3) is 0.857. The molecule has 1 heterocycles. The molecule has 3 nitrogen and oxygen atoms in total. The highest BCUT2D eigenvalue weighted by Gasteiger charge is 2.33. The Hall–Kier alpha value is -0.640. The van der Waals surface area contributed by atoms with Crippen LogP contribution < -0.4 is 0 Å². The fourth-order valence-electron chi connectivity index (χ4n) is 1.26. The van der Waals surface area contributed by atoms with E-state index in [9.17, 15) is 9.18 Å². The predicted octanol–water partition coefficient (Wildman–Crippen LogP) is 0.834. The van der Waals surface area contributed by atoms with Gasteiger partial charge in [0.1, 0.15) is 0 Å². The molecule has 64 valence electrons. The van der Waals surface area contributed by atoms with Crippen molar-refractivity contribution in [3.8, 4) is 0 Å². The van der Waals surface area contributed by atoms with Gasteiger partial charge in [0, 0.05) is 5.92 Å². The summed E-state index contributed by atoms with van der Waals surface area (Å²) in [5.41, 5.74) is 0. The summed E-state index contributed by atoms with van der Waals surface area (Å²) >= 11 is 0. The highest BCUT2D eigenvalue weighted by atomic mass is 19.1. The lowest BCUT2D eigenvalue weighted by Crippen LogP contribution is -2.25. The average molecular weight is 162 g/mol. The molecule has 4 heteroatoms. The molecular weight excluding hydrogens is 151 g/mol. The van der Waals surface area contributed by atoms with Crippen molar-refractivity contribution in [1.29, 1.82) is 0 Å². The third-order valence-electron chi connectivity index (χ3n) is 1.88. The topological polar surface area (TPSA) is 46.5 Å². The van der Waals surface area contributed by atoms with Gasteiger partial charge in [0.05, 0.1) is 12.7 Å². The van der Waals surface area contributed by atoms with E-state index in [4.69, 9.17) is 9.84 Å². The number of ether oxygens (including phenoxy) is 1. The van der Waals surface area contributed by atoms with Gasteiger partial charge in [-0.05, 0) is 13.3 Å². The maximum absolute atomic E-state index is 12.7. The number of hydrogen-bond donors (Lipinski definition) is 1. The van der Waals surface area contributed by atoms with E-state index in [0.717, 1.165) is 0 Å². The summed E-state index contributed by atoms with van der Waals surface area (Å²) in [5, 5.41) is 8.30.